The Balaban J connectivity index is 1.41. The van der Waals surface area contributed by atoms with Crippen molar-refractivity contribution in [3.63, 3.8) is 0 Å². The van der Waals surface area contributed by atoms with Crippen LogP contribution in [0, 0.1) is 0 Å². The van der Waals surface area contributed by atoms with E-state index >= 15 is 0 Å². The average molecular weight is 455 g/mol. The number of rotatable bonds is 3. The molecule has 0 saturated carbocycles. The standard InChI is InChI=1S/C23H22N2O6S/c26-20-12-15-5-3-7-22(18(15)13-21(20)27)32(29,30)24-10-8-17(9-11-24)25-19-6-2-1-4-16(19)14-31-23(25)28/h1-7,12-13,17,26-27H,8-11,14H2. The van der Waals surface area contributed by atoms with Gasteiger partial charge >= 0.3 is 6.09 Å². The third-order valence-electron chi connectivity index (χ3n) is 6.14. The van der Waals surface area contributed by atoms with Gasteiger partial charge in [-0.25, -0.2) is 13.2 Å². The number of carbonyl (C=O) groups is 1. The highest BCUT2D eigenvalue weighted by Crippen LogP contribution is 2.36. The zero-order chi connectivity index (χ0) is 22.5. The summed E-state index contributed by atoms with van der Waals surface area (Å²) in [6.45, 7) is 0.737. The van der Waals surface area contributed by atoms with E-state index in [0.717, 1.165) is 11.3 Å². The molecular formula is C23H22N2O6S. The Labute approximate surface area is 185 Å². The van der Waals surface area contributed by atoms with Gasteiger partial charge in [0.1, 0.15) is 6.61 Å². The molecule has 9 heteroatoms. The first-order chi connectivity index (χ1) is 15.4. The number of hydrogen-bond acceptors (Lipinski definition) is 6. The number of ether oxygens (including phenoxy) is 1. The molecule has 1 saturated heterocycles. The maximum Gasteiger partial charge on any atom is 0.414 e. The van der Waals surface area contributed by atoms with Crippen molar-refractivity contribution >= 4 is 32.6 Å². The zero-order valence-corrected chi connectivity index (χ0v) is 18.0. The molecule has 0 atom stereocenters. The summed E-state index contributed by atoms with van der Waals surface area (Å²) in [7, 11) is -3.84. The van der Waals surface area contributed by atoms with Crippen LogP contribution in [-0.2, 0) is 21.4 Å². The van der Waals surface area contributed by atoms with E-state index in [1.54, 1.807) is 17.0 Å². The molecule has 0 spiro atoms. The number of fused-ring (bicyclic) bond motifs is 2. The smallest absolute Gasteiger partial charge is 0.414 e. The van der Waals surface area contributed by atoms with Crippen LogP contribution in [0.3, 0.4) is 0 Å². The van der Waals surface area contributed by atoms with E-state index in [4.69, 9.17) is 4.74 Å². The number of phenolic OH excluding ortho intramolecular Hbond substituents is 2. The fourth-order valence-electron chi connectivity index (χ4n) is 4.50. The number of sulfonamides is 1. The first kappa shape index (κ1) is 20.6. The van der Waals surface area contributed by atoms with Gasteiger partial charge in [-0.2, -0.15) is 4.31 Å². The van der Waals surface area contributed by atoms with Gasteiger partial charge in [-0.05, 0) is 42.5 Å². The minimum Gasteiger partial charge on any atom is -0.504 e. The van der Waals surface area contributed by atoms with Gasteiger partial charge in [-0.1, -0.05) is 30.3 Å². The summed E-state index contributed by atoms with van der Waals surface area (Å²) in [5, 5.41) is 20.5. The minimum absolute atomic E-state index is 0.0754. The van der Waals surface area contributed by atoms with Crippen LogP contribution in [0.15, 0.2) is 59.5 Å². The molecular weight excluding hydrogens is 432 g/mol. The van der Waals surface area contributed by atoms with Gasteiger partial charge in [-0.3, -0.25) is 4.90 Å². The first-order valence-corrected chi connectivity index (χ1v) is 11.8. The lowest BCUT2D eigenvalue weighted by Crippen LogP contribution is -2.50. The van der Waals surface area contributed by atoms with Crippen LogP contribution in [0.2, 0.25) is 0 Å². The number of hydrogen-bond donors (Lipinski definition) is 2. The molecule has 5 rings (SSSR count). The molecule has 0 aliphatic carbocycles. The topological polar surface area (TPSA) is 107 Å². The lowest BCUT2D eigenvalue weighted by molar-refractivity contribution is 0.136. The van der Waals surface area contributed by atoms with Gasteiger partial charge in [0.25, 0.3) is 0 Å². The molecule has 0 bridgehead atoms. The number of aromatic hydroxyl groups is 2. The Hall–Kier alpha value is -3.30. The average Bonchev–Trinajstić information content (AvgIpc) is 2.79. The van der Waals surface area contributed by atoms with E-state index in [1.807, 2.05) is 24.3 Å². The normalized spacial score (nSPS) is 17.9. The summed E-state index contributed by atoms with van der Waals surface area (Å²) < 4.78 is 33.6. The number of anilines is 1. The summed E-state index contributed by atoms with van der Waals surface area (Å²) in [6.07, 6.45) is 0.535. The van der Waals surface area contributed by atoms with Crippen LogP contribution < -0.4 is 4.90 Å². The molecule has 2 aliphatic heterocycles. The molecule has 0 unspecified atom stereocenters. The summed E-state index contributed by atoms with van der Waals surface area (Å²) >= 11 is 0. The Bertz CT molecular complexity index is 1320. The maximum atomic E-state index is 13.4. The second-order valence-electron chi connectivity index (χ2n) is 8.01. The molecule has 166 valence electrons. The van der Waals surface area contributed by atoms with Crippen molar-refractivity contribution in [2.75, 3.05) is 18.0 Å². The fourth-order valence-corrected chi connectivity index (χ4v) is 6.17. The van der Waals surface area contributed by atoms with Crippen LogP contribution in [0.5, 0.6) is 11.5 Å². The second-order valence-corrected chi connectivity index (χ2v) is 9.91. The van der Waals surface area contributed by atoms with Crippen LogP contribution in [-0.4, -0.2) is 48.2 Å². The zero-order valence-electron chi connectivity index (χ0n) is 17.1. The van der Waals surface area contributed by atoms with Gasteiger partial charge < -0.3 is 14.9 Å². The molecule has 0 radical (unpaired) electrons. The van der Waals surface area contributed by atoms with Crippen LogP contribution >= 0.6 is 0 Å². The minimum atomic E-state index is -3.84. The maximum absolute atomic E-state index is 13.4. The van der Waals surface area contributed by atoms with Gasteiger partial charge in [0.2, 0.25) is 10.0 Å². The van der Waals surface area contributed by atoms with E-state index in [9.17, 15) is 23.4 Å². The van der Waals surface area contributed by atoms with Gasteiger partial charge in [0.05, 0.1) is 10.6 Å². The largest absolute Gasteiger partial charge is 0.504 e. The number of para-hydroxylation sites is 1. The SMILES string of the molecule is O=C1OCc2ccccc2N1C1CCN(S(=O)(=O)c2cccc3cc(O)c(O)cc23)CC1. The Morgan fingerprint density at radius 1 is 0.938 bits per heavy atom. The number of piperidine rings is 1. The molecule has 2 heterocycles. The third-order valence-corrected chi connectivity index (χ3v) is 8.10. The summed E-state index contributed by atoms with van der Waals surface area (Å²) in [5.74, 6) is -0.678. The highest BCUT2D eigenvalue weighted by Gasteiger charge is 2.37. The van der Waals surface area contributed by atoms with Gasteiger partial charge in [-0.15, -0.1) is 0 Å². The number of amides is 1. The van der Waals surface area contributed by atoms with Crippen molar-refractivity contribution in [2.24, 2.45) is 0 Å². The van der Waals surface area contributed by atoms with E-state index in [-0.39, 0.29) is 42.1 Å². The molecule has 0 aromatic heterocycles. The summed E-state index contributed by atoms with van der Waals surface area (Å²) in [6, 6.07) is 14.8. The number of benzene rings is 3. The Morgan fingerprint density at radius 3 is 2.44 bits per heavy atom. The second kappa shape index (κ2) is 7.68. The molecule has 32 heavy (non-hydrogen) atoms. The van der Waals surface area contributed by atoms with Crippen molar-refractivity contribution in [1.29, 1.82) is 0 Å². The van der Waals surface area contributed by atoms with Crippen molar-refractivity contribution < 1.29 is 28.2 Å². The van der Waals surface area contributed by atoms with Crippen molar-refractivity contribution in [1.82, 2.24) is 4.31 Å². The summed E-state index contributed by atoms with van der Waals surface area (Å²) in [4.78, 5) is 14.2. The molecule has 8 nitrogen and oxygen atoms in total. The fraction of sp³-hybridized carbons (Fsp3) is 0.261. The third kappa shape index (κ3) is 3.34. The molecule has 2 N–H and O–H groups in total. The molecule has 1 fully saturated rings. The number of phenols is 2. The molecule has 2 aliphatic rings. The monoisotopic (exact) mass is 454 g/mol. The van der Waals surface area contributed by atoms with E-state index < -0.39 is 16.1 Å². The van der Waals surface area contributed by atoms with E-state index in [1.165, 1.54) is 22.5 Å². The highest BCUT2D eigenvalue weighted by molar-refractivity contribution is 7.89. The van der Waals surface area contributed by atoms with Gasteiger partial charge in [0, 0.05) is 30.1 Å². The lowest BCUT2D eigenvalue weighted by Gasteiger charge is -2.39. The Morgan fingerprint density at radius 2 is 1.66 bits per heavy atom. The summed E-state index contributed by atoms with van der Waals surface area (Å²) in [5.41, 5.74) is 1.75. The lowest BCUT2D eigenvalue weighted by atomic mass is 10.0. The van der Waals surface area contributed by atoms with Crippen LogP contribution in [0.1, 0.15) is 18.4 Å². The van der Waals surface area contributed by atoms with Crippen LogP contribution in [0.4, 0.5) is 10.5 Å². The molecule has 1 amide bonds. The predicted octanol–water partition coefficient (Wildman–Crippen LogP) is 3.56. The number of carbonyl (C=O) groups excluding carboxylic acids is 1. The number of nitrogens with zero attached hydrogens (tertiary/aromatic N) is 2. The highest BCUT2D eigenvalue weighted by atomic mass is 32.2. The van der Waals surface area contributed by atoms with Crippen LogP contribution in [0.25, 0.3) is 10.8 Å². The predicted molar refractivity (Wildman–Crippen MR) is 118 cm³/mol. The molecule has 3 aromatic carbocycles. The Kier molecular flexibility index (Phi) is 4.94. The van der Waals surface area contributed by atoms with Crippen molar-refractivity contribution in [2.45, 2.75) is 30.4 Å². The van der Waals surface area contributed by atoms with Gasteiger partial charge in [0.15, 0.2) is 11.5 Å². The van der Waals surface area contributed by atoms with Crippen molar-refractivity contribution in [3.05, 3.63) is 60.2 Å². The first-order valence-electron chi connectivity index (χ1n) is 10.3. The van der Waals surface area contributed by atoms with E-state index in [2.05, 4.69) is 0 Å². The quantitative estimate of drug-likeness (QED) is 0.586. The van der Waals surface area contributed by atoms with Crippen molar-refractivity contribution in [3.8, 4) is 11.5 Å². The number of cyclic esters (lactones) is 1. The van der Waals surface area contributed by atoms with E-state index in [0.29, 0.717) is 23.6 Å². The molecule has 3 aromatic rings.